The summed E-state index contributed by atoms with van der Waals surface area (Å²) in [5, 5.41) is 20.9. The molecule has 5 aliphatic carbocycles. The number of allylic oxidation sites excluding steroid dienone is 1. The van der Waals surface area contributed by atoms with E-state index in [9.17, 15) is 14.7 Å². The molecule has 4 nitrogen and oxygen atoms in total. The summed E-state index contributed by atoms with van der Waals surface area (Å²) in [5.74, 6) is 2.37. The topological polar surface area (TPSA) is 74.6 Å². The van der Waals surface area contributed by atoms with E-state index in [1.807, 2.05) is 6.08 Å². The van der Waals surface area contributed by atoms with Crippen LogP contribution in [0.25, 0.3) is 0 Å². The lowest BCUT2D eigenvalue weighted by molar-refractivity contribution is -0.132. The molecule has 27 heavy (non-hydrogen) atoms. The van der Waals surface area contributed by atoms with E-state index in [1.165, 1.54) is 18.1 Å². The Bertz CT molecular complexity index is 751. The van der Waals surface area contributed by atoms with E-state index in [4.69, 9.17) is 5.11 Å². The first kappa shape index (κ1) is 17.7. The summed E-state index contributed by atoms with van der Waals surface area (Å²) in [6.45, 7) is 2.23. The normalized spacial score (nSPS) is 50.9. The van der Waals surface area contributed by atoms with Gasteiger partial charge in [-0.2, -0.15) is 0 Å². The molecule has 0 unspecified atom stereocenters. The van der Waals surface area contributed by atoms with Gasteiger partial charge in [0.05, 0.1) is 5.60 Å². The standard InChI is InChI=1S/C23H30O4/c1-22-10-8-16-15-5-3-14(24)12-13(15)2-4-17(16)21(22)18-6-7-19(18)23(22,27)11-9-20(25)26/h9,11-12,15-19,21,27H,2-8,10H2,1H3,(H,25,26)/b11-9-/t15-,16+,17+,18+,19-,21+,22-,23-/m0/s1. The van der Waals surface area contributed by atoms with Crippen molar-refractivity contribution in [2.24, 2.45) is 40.9 Å². The highest BCUT2D eigenvalue weighted by Crippen LogP contribution is 2.72. The van der Waals surface area contributed by atoms with Crippen molar-refractivity contribution in [1.29, 1.82) is 0 Å². The van der Waals surface area contributed by atoms with E-state index in [1.54, 1.807) is 6.08 Å². The fourth-order valence-corrected chi connectivity index (χ4v) is 8.12. The Morgan fingerprint density at radius 3 is 2.63 bits per heavy atom. The monoisotopic (exact) mass is 370 g/mol. The molecule has 4 heteroatoms. The molecule has 0 bridgehead atoms. The van der Waals surface area contributed by atoms with Gasteiger partial charge in [-0.25, -0.2) is 4.79 Å². The van der Waals surface area contributed by atoms with Crippen LogP contribution >= 0.6 is 0 Å². The van der Waals surface area contributed by atoms with Crippen LogP contribution in [0, 0.1) is 40.9 Å². The minimum absolute atomic E-state index is 0.215. The Kier molecular flexibility index (Phi) is 3.79. The van der Waals surface area contributed by atoms with E-state index < -0.39 is 11.6 Å². The van der Waals surface area contributed by atoms with E-state index >= 15 is 0 Å². The highest BCUT2D eigenvalue weighted by Gasteiger charge is 2.71. The molecule has 8 atom stereocenters. The van der Waals surface area contributed by atoms with Crippen molar-refractivity contribution in [1.82, 2.24) is 0 Å². The minimum atomic E-state index is -0.984. The molecule has 2 N–H and O–H groups in total. The number of carbonyl (C=O) groups is 2. The average Bonchev–Trinajstić information content (AvgIpc) is 2.73. The first-order chi connectivity index (χ1) is 12.8. The van der Waals surface area contributed by atoms with Gasteiger partial charge in [-0.1, -0.05) is 12.5 Å². The number of aliphatic carboxylic acids is 1. The van der Waals surface area contributed by atoms with Gasteiger partial charge in [0.2, 0.25) is 0 Å². The first-order valence-corrected chi connectivity index (χ1v) is 10.7. The molecule has 0 spiro atoms. The zero-order valence-corrected chi connectivity index (χ0v) is 16.1. The molecule has 0 aromatic carbocycles. The largest absolute Gasteiger partial charge is 0.478 e. The van der Waals surface area contributed by atoms with Crippen LogP contribution in [0.1, 0.15) is 58.3 Å². The van der Waals surface area contributed by atoms with Crippen molar-refractivity contribution < 1.29 is 19.8 Å². The van der Waals surface area contributed by atoms with Crippen molar-refractivity contribution >= 4 is 11.8 Å². The fraction of sp³-hybridized carbons (Fsp3) is 0.739. The van der Waals surface area contributed by atoms with Gasteiger partial charge < -0.3 is 10.2 Å². The number of hydrogen-bond acceptors (Lipinski definition) is 3. The second-order valence-corrected chi connectivity index (χ2v) is 10.0. The molecule has 5 aliphatic rings. The number of rotatable bonds is 2. The van der Waals surface area contributed by atoms with E-state index in [0.29, 0.717) is 41.8 Å². The van der Waals surface area contributed by atoms with Crippen molar-refractivity contribution in [2.45, 2.75) is 63.9 Å². The van der Waals surface area contributed by atoms with Gasteiger partial charge >= 0.3 is 5.97 Å². The van der Waals surface area contributed by atoms with Gasteiger partial charge in [0.15, 0.2) is 5.78 Å². The molecule has 0 saturated heterocycles. The zero-order valence-electron chi connectivity index (χ0n) is 16.1. The summed E-state index contributed by atoms with van der Waals surface area (Å²) in [4.78, 5) is 23.0. The van der Waals surface area contributed by atoms with Crippen LogP contribution in [0.4, 0.5) is 0 Å². The van der Waals surface area contributed by atoms with E-state index in [-0.39, 0.29) is 11.3 Å². The summed E-state index contributed by atoms with van der Waals surface area (Å²) in [5.41, 5.74) is 0.181. The van der Waals surface area contributed by atoms with Gasteiger partial charge in [-0.15, -0.1) is 0 Å². The SMILES string of the molecule is C[C@]12CC[C@H]3[C@@H](CCC4=CC(=O)CC[C@@H]43)[C@@H]1[C@@H]1CC[C@@H]1[C@@]2(O)/C=C\C(=O)O. The summed E-state index contributed by atoms with van der Waals surface area (Å²) in [6.07, 6.45) is 12.8. The molecule has 0 aromatic rings. The summed E-state index contributed by atoms with van der Waals surface area (Å²) in [7, 11) is 0. The number of aliphatic hydroxyl groups is 1. The van der Waals surface area contributed by atoms with Gasteiger partial charge in [0.25, 0.3) is 0 Å². The third kappa shape index (κ3) is 2.25. The predicted molar refractivity (Wildman–Crippen MR) is 101 cm³/mol. The molecule has 0 aromatic heterocycles. The molecule has 4 fully saturated rings. The minimum Gasteiger partial charge on any atom is -0.478 e. The second-order valence-electron chi connectivity index (χ2n) is 10.0. The number of ketones is 1. The lowest BCUT2D eigenvalue weighted by Gasteiger charge is -2.55. The van der Waals surface area contributed by atoms with Crippen LogP contribution in [0.5, 0.6) is 0 Å². The maximum Gasteiger partial charge on any atom is 0.328 e. The van der Waals surface area contributed by atoms with Crippen molar-refractivity contribution in [3.8, 4) is 0 Å². The van der Waals surface area contributed by atoms with Crippen LogP contribution in [0.2, 0.25) is 0 Å². The van der Waals surface area contributed by atoms with Gasteiger partial charge in [0.1, 0.15) is 0 Å². The number of fused-ring (bicyclic) bond motifs is 7. The molecular formula is C23H30O4. The first-order valence-electron chi connectivity index (χ1n) is 10.7. The third-order valence-electron chi connectivity index (χ3n) is 9.30. The Hall–Kier alpha value is -1.42. The molecule has 0 amide bonds. The lowest BCUT2D eigenvalue weighted by Crippen LogP contribution is -2.53. The summed E-state index contributed by atoms with van der Waals surface area (Å²) >= 11 is 0. The number of hydrogen-bond donors (Lipinski definition) is 2. The zero-order chi connectivity index (χ0) is 19.0. The Labute approximate surface area is 160 Å². The quantitative estimate of drug-likeness (QED) is 0.726. The Morgan fingerprint density at radius 2 is 1.93 bits per heavy atom. The fourth-order valence-electron chi connectivity index (χ4n) is 8.12. The van der Waals surface area contributed by atoms with Gasteiger partial charge in [-0.05, 0) is 92.6 Å². The van der Waals surface area contributed by atoms with Crippen molar-refractivity contribution in [2.75, 3.05) is 0 Å². The van der Waals surface area contributed by atoms with Crippen molar-refractivity contribution in [3.63, 3.8) is 0 Å². The van der Waals surface area contributed by atoms with Gasteiger partial charge in [-0.3, -0.25) is 4.79 Å². The van der Waals surface area contributed by atoms with Crippen LogP contribution in [-0.4, -0.2) is 27.6 Å². The summed E-state index contributed by atoms with van der Waals surface area (Å²) in [6, 6.07) is 0. The predicted octanol–water partition coefficient (Wildman–Crippen LogP) is 3.75. The molecule has 146 valence electrons. The third-order valence-corrected chi connectivity index (χ3v) is 9.30. The second kappa shape index (κ2) is 5.79. The van der Waals surface area contributed by atoms with Crippen LogP contribution in [-0.2, 0) is 9.59 Å². The van der Waals surface area contributed by atoms with Crippen LogP contribution < -0.4 is 0 Å². The summed E-state index contributed by atoms with van der Waals surface area (Å²) < 4.78 is 0. The number of carboxylic acids is 1. The molecule has 0 heterocycles. The Balaban J connectivity index is 1.50. The molecule has 0 radical (unpaired) electrons. The van der Waals surface area contributed by atoms with Gasteiger partial charge in [0, 0.05) is 17.9 Å². The molecule has 4 saturated carbocycles. The van der Waals surface area contributed by atoms with E-state index in [2.05, 4.69) is 6.92 Å². The number of carbonyl (C=O) groups excluding carboxylic acids is 1. The lowest BCUT2D eigenvalue weighted by atomic mass is 9.49. The molecule has 5 rings (SSSR count). The van der Waals surface area contributed by atoms with Crippen LogP contribution in [0.3, 0.4) is 0 Å². The maximum atomic E-state index is 11.9. The van der Waals surface area contributed by atoms with Crippen LogP contribution in [0.15, 0.2) is 23.8 Å². The Morgan fingerprint density at radius 1 is 1.11 bits per heavy atom. The smallest absolute Gasteiger partial charge is 0.328 e. The van der Waals surface area contributed by atoms with E-state index in [0.717, 1.165) is 38.5 Å². The molecule has 0 aliphatic heterocycles. The molecular weight excluding hydrogens is 340 g/mol. The number of carboxylic acid groups (broad SMARTS) is 1. The van der Waals surface area contributed by atoms with Crippen molar-refractivity contribution in [3.05, 3.63) is 23.8 Å². The maximum absolute atomic E-state index is 11.9. The highest BCUT2D eigenvalue weighted by molar-refractivity contribution is 5.91. The highest BCUT2D eigenvalue weighted by atomic mass is 16.4. The average molecular weight is 370 g/mol.